The van der Waals surface area contributed by atoms with E-state index in [2.05, 4.69) is 31.3 Å². The molecule has 8 nitrogen and oxygen atoms in total. The fourth-order valence-corrected chi connectivity index (χ4v) is 4.52. The third-order valence-corrected chi connectivity index (χ3v) is 6.42. The molecule has 1 aliphatic rings. The van der Waals surface area contributed by atoms with Crippen molar-refractivity contribution in [3.05, 3.63) is 61.0 Å². The van der Waals surface area contributed by atoms with Gasteiger partial charge in [-0.25, -0.2) is 4.39 Å². The van der Waals surface area contributed by atoms with Crippen molar-refractivity contribution in [2.45, 2.75) is 32.5 Å². The maximum absolute atomic E-state index is 14.0. The second-order valence-corrected chi connectivity index (χ2v) is 8.77. The van der Waals surface area contributed by atoms with Crippen molar-refractivity contribution >= 4 is 50.5 Å². The highest BCUT2D eigenvalue weighted by atomic mass is 79.9. The molecule has 1 aliphatic heterocycles. The first kappa shape index (κ1) is 25.3. The molecule has 2 aromatic heterocycles. The number of hydrogen-bond donors (Lipinski definition) is 1. The van der Waals surface area contributed by atoms with E-state index in [1.54, 1.807) is 13.0 Å². The SMILES string of the molecule is CCc1c(Br)c(=O)n2nc(C3=CCOCC3)nc2n1CC(=O)Nc1cc(F)c(C(F)(F)F)cc1Cl. The maximum atomic E-state index is 14.0. The number of aromatic nitrogens is 4. The highest BCUT2D eigenvalue weighted by Gasteiger charge is 2.35. The topological polar surface area (TPSA) is 90.5 Å². The van der Waals surface area contributed by atoms with Crippen LogP contribution in [0.3, 0.4) is 0 Å². The average molecular weight is 579 g/mol. The molecule has 0 radical (unpaired) electrons. The van der Waals surface area contributed by atoms with E-state index in [9.17, 15) is 27.2 Å². The summed E-state index contributed by atoms with van der Waals surface area (Å²) in [6.07, 6.45) is -2.25. The Kier molecular flexibility index (Phi) is 7.02. The van der Waals surface area contributed by atoms with Crippen LogP contribution in [0.15, 0.2) is 27.5 Å². The van der Waals surface area contributed by atoms with Crippen LogP contribution in [0.4, 0.5) is 23.2 Å². The normalized spacial score (nSPS) is 14.3. The van der Waals surface area contributed by atoms with Crippen LogP contribution < -0.4 is 10.9 Å². The van der Waals surface area contributed by atoms with Gasteiger partial charge in [0, 0.05) is 5.69 Å². The molecule has 3 heterocycles. The Balaban J connectivity index is 1.72. The summed E-state index contributed by atoms with van der Waals surface area (Å²) in [5.74, 6) is -1.90. The number of amides is 1. The summed E-state index contributed by atoms with van der Waals surface area (Å²) < 4.78 is 60.7. The molecule has 0 saturated heterocycles. The summed E-state index contributed by atoms with van der Waals surface area (Å²) in [4.78, 5) is 30.1. The summed E-state index contributed by atoms with van der Waals surface area (Å²) in [6, 6.07) is 0.915. The molecule has 0 bridgehead atoms. The van der Waals surface area contributed by atoms with Gasteiger partial charge in [-0.15, -0.1) is 5.10 Å². The first-order valence-electron chi connectivity index (χ1n) is 10.3. The second kappa shape index (κ2) is 9.70. The lowest BCUT2D eigenvalue weighted by Gasteiger charge is -2.16. The van der Waals surface area contributed by atoms with Gasteiger partial charge in [-0.3, -0.25) is 9.59 Å². The molecule has 35 heavy (non-hydrogen) atoms. The average Bonchev–Trinajstić information content (AvgIpc) is 3.25. The number of carbonyl (C=O) groups is 1. The van der Waals surface area contributed by atoms with E-state index in [1.807, 2.05) is 0 Å². The van der Waals surface area contributed by atoms with Gasteiger partial charge in [-0.2, -0.15) is 22.7 Å². The predicted octanol–water partition coefficient (Wildman–Crippen LogP) is 4.47. The van der Waals surface area contributed by atoms with Gasteiger partial charge in [0.15, 0.2) is 5.82 Å². The summed E-state index contributed by atoms with van der Waals surface area (Å²) in [5.41, 5.74) is -1.10. The minimum Gasteiger partial charge on any atom is -0.377 e. The van der Waals surface area contributed by atoms with E-state index in [1.165, 1.54) is 4.57 Å². The van der Waals surface area contributed by atoms with E-state index in [0.29, 0.717) is 49.7 Å². The number of ether oxygens (including phenoxy) is 1. The van der Waals surface area contributed by atoms with Gasteiger partial charge in [0.2, 0.25) is 11.7 Å². The molecular formula is C21H17BrClF4N5O3. The number of anilines is 1. The lowest BCUT2D eigenvalue weighted by molar-refractivity contribution is -0.139. The van der Waals surface area contributed by atoms with Gasteiger partial charge in [-0.1, -0.05) is 24.6 Å². The number of rotatable bonds is 5. The fraction of sp³-hybridized carbons (Fsp3) is 0.333. The predicted molar refractivity (Wildman–Crippen MR) is 123 cm³/mol. The smallest absolute Gasteiger partial charge is 0.377 e. The molecule has 0 fully saturated rings. The minimum absolute atomic E-state index is 0.0947. The third-order valence-electron chi connectivity index (χ3n) is 5.31. The molecule has 0 spiro atoms. The quantitative estimate of drug-likeness (QED) is 0.452. The van der Waals surface area contributed by atoms with Crippen molar-refractivity contribution in [2.24, 2.45) is 0 Å². The van der Waals surface area contributed by atoms with Crippen LogP contribution in [-0.2, 0) is 28.7 Å². The molecular weight excluding hydrogens is 562 g/mol. The molecule has 186 valence electrons. The van der Waals surface area contributed by atoms with E-state index in [-0.39, 0.29) is 15.9 Å². The number of fused-ring (bicyclic) bond motifs is 1. The maximum Gasteiger partial charge on any atom is 0.419 e. The molecule has 0 aliphatic carbocycles. The summed E-state index contributed by atoms with van der Waals surface area (Å²) in [7, 11) is 0. The third kappa shape index (κ3) is 4.98. The Bertz CT molecular complexity index is 1420. The molecule has 0 saturated carbocycles. The zero-order valence-electron chi connectivity index (χ0n) is 18.0. The Morgan fingerprint density at radius 2 is 2.09 bits per heavy atom. The zero-order valence-corrected chi connectivity index (χ0v) is 20.4. The molecule has 0 unspecified atom stereocenters. The van der Waals surface area contributed by atoms with Crippen LogP contribution in [0.5, 0.6) is 0 Å². The van der Waals surface area contributed by atoms with Gasteiger partial charge < -0.3 is 14.6 Å². The van der Waals surface area contributed by atoms with Crippen molar-refractivity contribution in [2.75, 3.05) is 18.5 Å². The molecule has 0 atom stereocenters. The highest BCUT2D eigenvalue weighted by Crippen LogP contribution is 2.36. The van der Waals surface area contributed by atoms with Gasteiger partial charge >= 0.3 is 6.18 Å². The molecule has 1 amide bonds. The van der Waals surface area contributed by atoms with Crippen molar-refractivity contribution < 1.29 is 27.1 Å². The largest absolute Gasteiger partial charge is 0.419 e. The molecule has 1 N–H and O–H groups in total. The van der Waals surface area contributed by atoms with Crippen molar-refractivity contribution in [1.29, 1.82) is 0 Å². The van der Waals surface area contributed by atoms with Crippen LogP contribution in [0.25, 0.3) is 11.4 Å². The first-order chi connectivity index (χ1) is 16.5. The monoisotopic (exact) mass is 577 g/mol. The number of hydrogen-bond acceptors (Lipinski definition) is 5. The van der Waals surface area contributed by atoms with Gasteiger partial charge in [0.25, 0.3) is 5.56 Å². The van der Waals surface area contributed by atoms with E-state index < -0.39 is 40.6 Å². The fourth-order valence-electron chi connectivity index (χ4n) is 3.64. The number of benzene rings is 1. The van der Waals surface area contributed by atoms with Crippen molar-refractivity contribution in [3.63, 3.8) is 0 Å². The number of halogens is 6. The Labute approximate surface area is 208 Å². The Hall–Kier alpha value is -2.77. The van der Waals surface area contributed by atoms with Gasteiger partial charge in [0.1, 0.15) is 16.8 Å². The lowest BCUT2D eigenvalue weighted by atomic mass is 10.1. The molecule has 4 rings (SSSR count). The summed E-state index contributed by atoms with van der Waals surface area (Å²) in [5, 5.41) is 6.13. The standard InChI is InChI=1S/C21H17BrClF4N5O3/c1-2-15-17(22)19(34)32-20(29-18(30-32)10-3-5-35-6-4-10)31(15)9-16(33)28-14-8-13(24)11(7-12(14)23)21(25,26)27/h3,7-8H,2,4-6,9H2,1H3,(H,28,33). The van der Waals surface area contributed by atoms with Crippen LogP contribution in [0.1, 0.15) is 30.4 Å². The van der Waals surface area contributed by atoms with Crippen molar-refractivity contribution in [3.8, 4) is 0 Å². The molecule has 14 heteroatoms. The van der Waals surface area contributed by atoms with Gasteiger partial charge in [-0.05, 0) is 46.5 Å². The Morgan fingerprint density at radius 3 is 2.71 bits per heavy atom. The van der Waals surface area contributed by atoms with E-state index in [4.69, 9.17) is 16.3 Å². The van der Waals surface area contributed by atoms with Crippen LogP contribution in [0.2, 0.25) is 5.02 Å². The lowest BCUT2D eigenvalue weighted by Crippen LogP contribution is -2.28. The highest BCUT2D eigenvalue weighted by molar-refractivity contribution is 9.10. The number of nitrogens with one attached hydrogen (secondary N) is 1. The zero-order chi connectivity index (χ0) is 25.5. The van der Waals surface area contributed by atoms with E-state index in [0.717, 1.165) is 10.1 Å². The van der Waals surface area contributed by atoms with E-state index >= 15 is 0 Å². The summed E-state index contributed by atoms with van der Waals surface area (Å²) >= 11 is 9.12. The molecule has 1 aromatic carbocycles. The minimum atomic E-state index is -4.94. The number of carbonyl (C=O) groups excluding carboxylic acids is 1. The van der Waals surface area contributed by atoms with Crippen LogP contribution >= 0.6 is 27.5 Å². The van der Waals surface area contributed by atoms with Crippen molar-refractivity contribution in [1.82, 2.24) is 19.2 Å². The number of alkyl halides is 3. The van der Waals surface area contributed by atoms with Crippen LogP contribution in [-0.4, -0.2) is 38.3 Å². The van der Waals surface area contributed by atoms with Gasteiger partial charge in [0.05, 0.1) is 29.5 Å². The second-order valence-electron chi connectivity index (χ2n) is 7.56. The first-order valence-corrected chi connectivity index (χ1v) is 11.5. The Morgan fingerprint density at radius 1 is 1.34 bits per heavy atom. The van der Waals surface area contributed by atoms with Crippen LogP contribution in [0, 0.1) is 5.82 Å². The number of nitrogens with zero attached hydrogens (tertiary/aromatic N) is 4. The molecule has 3 aromatic rings. The summed E-state index contributed by atoms with van der Waals surface area (Å²) in [6.45, 7) is 2.23.